The largest absolute Gasteiger partial charge is 0.464 e. The second kappa shape index (κ2) is 7.19. The molecule has 7 heteroatoms. The van der Waals surface area contributed by atoms with Gasteiger partial charge in [0.15, 0.2) is 0 Å². The Hall–Kier alpha value is -2.02. The molecule has 2 amide bonds. The number of aromatic nitrogens is 1. The number of carbonyl (C=O) groups is 2. The van der Waals surface area contributed by atoms with Crippen LogP contribution < -0.4 is 5.32 Å². The van der Waals surface area contributed by atoms with E-state index in [1.807, 2.05) is 11.2 Å². The number of nitrogens with one attached hydrogen (secondary N) is 1. The van der Waals surface area contributed by atoms with E-state index in [1.165, 1.54) is 0 Å². The Morgan fingerprint density at radius 2 is 2.30 bits per heavy atom. The zero-order valence-corrected chi connectivity index (χ0v) is 16.6. The minimum absolute atomic E-state index is 0.00144. The Morgan fingerprint density at radius 1 is 1.44 bits per heavy atom. The van der Waals surface area contributed by atoms with Gasteiger partial charge in [0.05, 0.1) is 28.5 Å². The monoisotopic (exact) mass is 387 g/mol. The normalized spacial score (nSPS) is 25.6. The molecule has 4 rings (SSSR count). The lowest BCUT2D eigenvalue weighted by Gasteiger charge is -2.34. The zero-order valence-electron chi connectivity index (χ0n) is 15.7. The SMILES string of the molecule is CCC(SC)C(=O)N1CC[C@]2(NC(=O)c3nccc4occc34)CCC[C@H]12. The summed E-state index contributed by atoms with van der Waals surface area (Å²) >= 11 is 1.61. The summed E-state index contributed by atoms with van der Waals surface area (Å²) in [5, 5.41) is 3.99. The molecule has 2 fully saturated rings. The highest BCUT2D eigenvalue weighted by molar-refractivity contribution is 7.99. The molecule has 3 heterocycles. The summed E-state index contributed by atoms with van der Waals surface area (Å²) in [6, 6.07) is 3.61. The quantitative estimate of drug-likeness (QED) is 0.853. The minimum Gasteiger partial charge on any atom is -0.464 e. The van der Waals surface area contributed by atoms with Crippen molar-refractivity contribution in [1.82, 2.24) is 15.2 Å². The summed E-state index contributed by atoms with van der Waals surface area (Å²) in [5.41, 5.74) is 0.711. The van der Waals surface area contributed by atoms with Crippen LogP contribution in [0.15, 0.2) is 29.0 Å². The number of rotatable bonds is 5. The van der Waals surface area contributed by atoms with Gasteiger partial charge in [0.25, 0.3) is 5.91 Å². The van der Waals surface area contributed by atoms with Crippen molar-refractivity contribution in [2.24, 2.45) is 0 Å². The number of nitrogens with zero attached hydrogens (tertiary/aromatic N) is 2. The molecule has 1 saturated heterocycles. The summed E-state index contributed by atoms with van der Waals surface area (Å²) in [7, 11) is 0. The fourth-order valence-electron chi connectivity index (χ4n) is 4.74. The van der Waals surface area contributed by atoms with E-state index in [0.29, 0.717) is 17.8 Å². The van der Waals surface area contributed by atoms with Crippen LogP contribution in [0.3, 0.4) is 0 Å². The van der Waals surface area contributed by atoms with Crippen molar-refractivity contribution >= 4 is 34.5 Å². The molecule has 3 atom stereocenters. The summed E-state index contributed by atoms with van der Waals surface area (Å²) in [6.45, 7) is 2.76. The number of likely N-dealkylation sites (tertiary alicyclic amines) is 1. The molecule has 0 aromatic carbocycles. The first-order chi connectivity index (χ1) is 13.1. The number of hydrogen-bond acceptors (Lipinski definition) is 5. The van der Waals surface area contributed by atoms with E-state index < -0.39 is 0 Å². The first-order valence-corrected chi connectivity index (χ1v) is 10.9. The molecule has 1 N–H and O–H groups in total. The lowest BCUT2D eigenvalue weighted by Crippen LogP contribution is -2.55. The van der Waals surface area contributed by atoms with Gasteiger partial charge in [0.1, 0.15) is 11.3 Å². The van der Waals surface area contributed by atoms with Gasteiger partial charge in [-0.2, -0.15) is 11.8 Å². The Kier molecular flexibility index (Phi) is 4.88. The molecule has 0 spiro atoms. The number of carbonyl (C=O) groups excluding carboxylic acids is 2. The Bertz CT molecular complexity index is 863. The highest BCUT2D eigenvalue weighted by Crippen LogP contribution is 2.42. The van der Waals surface area contributed by atoms with Crippen LogP contribution in [0, 0.1) is 0 Å². The third-order valence-electron chi connectivity index (χ3n) is 6.08. The van der Waals surface area contributed by atoms with Gasteiger partial charge in [-0.25, -0.2) is 0 Å². The maximum atomic E-state index is 13.0. The lowest BCUT2D eigenvalue weighted by molar-refractivity contribution is -0.131. The summed E-state index contributed by atoms with van der Waals surface area (Å²) in [5.74, 6) is 0.0307. The Morgan fingerprint density at radius 3 is 3.07 bits per heavy atom. The molecule has 144 valence electrons. The third kappa shape index (κ3) is 3.02. The maximum absolute atomic E-state index is 13.0. The van der Waals surface area contributed by atoms with Crippen molar-refractivity contribution in [3.63, 3.8) is 0 Å². The standard InChI is InChI=1S/C20H25N3O3S/c1-3-15(27-2)19(25)23-11-9-20(8-4-5-16(20)23)22-18(24)17-13-7-12-26-14(13)6-10-21-17/h6-7,10,12,15-16H,3-5,8-9,11H2,1-2H3,(H,22,24)/t15?,16-,20+/m0/s1. The predicted octanol–water partition coefficient (Wildman–Crippen LogP) is 3.22. The van der Waals surface area contributed by atoms with Gasteiger partial charge in [-0.15, -0.1) is 0 Å². The predicted molar refractivity (Wildman–Crippen MR) is 106 cm³/mol. The van der Waals surface area contributed by atoms with Gasteiger partial charge in [-0.3, -0.25) is 14.6 Å². The number of pyridine rings is 1. The second-order valence-electron chi connectivity index (χ2n) is 7.42. The van der Waals surface area contributed by atoms with Crippen LogP contribution >= 0.6 is 11.8 Å². The Balaban J connectivity index is 1.57. The van der Waals surface area contributed by atoms with Crippen LogP contribution in [0.1, 0.15) is 49.5 Å². The molecular weight excluding hydrogens is 362 g/mol. The highest BCUT2D eigenvalue weighted by atomic mass is 32.2. The average molecular weight is 388 g/mol. The highest BCUT2D eigenvalue weighted by Gasteiger charge is 2.53. The lowest BCUT2D eigenvalue weighted by atomic mass is 9.92. The van der Waals surface area contributed by atoms with E-state index in [9.17, 15) is 9.59 Å². The molecule has 1 saturated carbocycles. The van der Waals surface area contributed by atoms with Crippen LogP contribution in [-0.2, 0) is 4.79 Å². The summed E-state index contributed by atoms with van der Waals surface area (Å²) in [4.78, 5) is 32.3. The summed E-state index contributed by atoms with van der Waals surface area (Å²) < 4.78 is 5.39. The van der Waals surface area contributed by atoms with Crippen LogP contribution in [-0.4, -0.2) is 51.3 Å². The van der Waals surface area contributed by atoms with Gasteiger partial charge in [-0.05, 0) is 50.5 Å². The molecule has 2 aromatic rings. The van der Waals surface area contributed by atoms with Crippen molar-refractivity contribution in [3.05, 3.63) is 30.3 Å². The van der Waals surface area contributed by atoms with Crippen LogP contribution in [0.5, 0.6) is 0 Å². The number of amides is 2. The van der Waals surface area contributed by atoms with Crippen LogP contribution in [0.4, 0.5) is 0 Å². The van der Waals surface area contributed by atoms with E-state index in [1.54, 1.807) is 36.4 Å². The molecule has 1 aliphatic heterocycles. The van der Waals surface area contributed by atoms with Gasteiger partial charge in [0.2, 0.25) is 5.91 Å². The van der Waals surface area contributed by atoms with Gasteiger partial charge in [0, 0.05) is 12.7 Å². The number of thioether (sulfide) groups is 1. The first-order valence-electron chi connectivity index (χ1n) is 9.57. The first kappa shape index (κ1) is 18.3. The average Bonchev–Trinajstić information content (AvgIpc) is 3.36. The van der Waals surface area contributed by atoms with Crippen molar-refractivity contribution in [2.75, 3.05) is 12.8 Å². The molecule has 0 radical (unpaired) electrons. The van der Waals surface area contributed by atoms with Crippen molar-refractivity contribution in [2.45, 2.75) is 55.9 Å². The third-order valence-corrected chi connectivity index (χ3v) is 7.19. The molecule has 2 aliphatic rings. The van der Waals surface area contributed by atoms with Crippen molar-refractivity contribution in [3.8, 4) is 0 Å². The topological polar surface area (TPSA) is 75.4 Å². The van der Waals surface area contributed by atoms with E-state index in [2.05, 4.69) is 17.2 Å². The molecule has 0 bridgehead atoms. The molecule has 6 nitrogen and oxygen atoms in total. The molecule has 1 unspecified atom stereocenters. The number of hydrogen-bond donors (Lipinski definition) is 1. The van der Waals surface area contributed by atoms with Gasteiger partial charge >= 0.3 is 0 Å². The van der Waals surface area contributed by atoms with Crippen LogP contribution in [0.2, 0.25) is 0 Å². The van der Waals surface area contributed by atoms with Crippen LogP contribution in [0.25, 0.3) is 11.0 Å². The fraction of sp³-hybridized carbons (Fsp3) is 0.550. The smallest absolute Gasteiger partial charge is 0.271 e. The summed E-state index contributed by atoms with van der Waals surface area (Å²) in [6.07, 6.45) is 9.67. The Labute approximate surface area is 163 Å². The molecule has 2 aromatic heterocycles. The van der Waals surface area contributed by atoms with Crippen molar-refractivity contribution in [1.29, 1.82) is 0 Å². The van der Waals surface area contributed by atoms with Gasteiger partial charge < -0.3 is 14.6 Å². The van der Waals surface area contributed by atoms with E-state index in [-0.39, 0.29) is 28.6 Å². The number of fused-ring (bicyclic) bond motifs is 2. The minimum atomic E-state index is -0.336. The maximum Gasteiger partial charge on any atom is 0.271 e. The zero-order chi connectivity index (χ0) is 19.0. The molecule has 1 aliphatic carbocycles. The fourth-order valence-corrected chi connectivity index (χ4v) is 5.41. The van der Waals surface area contributed by atoms with E-state index >= 15 is 0 Å². The second-order valence-corrected chi connectivity index (χ2v) is 8.46. The van der Waals surface area contributed by atoms with E-state index in [4.69, 9.17) is 4.42 Å². The molecule has 27 heavy (non-hydrogen) atoms. The number of furan rings is 1. The molecular formula is C20H25N3O3S. The van der Waals surface area contributed by atoms with Crippen molar-refractivity contribution < 1.29 is 14.0 Å². The van der Waals surface area contributed by atoms with Gasteiger partial charge in [-0.1, -0.05) is 6.92 Å². The van der Waals surface area contributed by atoms with E-state index in [0.717, 1.165) is 37.5 Å².